The van der Waals surface area contributed by atoms with E-state index in [9.17, 15) is 0 Å². The number of rotatable bonds is 4. The molecule has 0 saturated heterocycles. The van der Waals surface area contributed by atoms with Crippen molar-refractivity contribution in [2.75, 3.05) is 0 Å². The van der Waals surface area contributed by atoms with Crippen molar-refractivity contribution in [3.8, 4) is 0 Å². The van der Waals surface area contributed by atoms with E-state index >= 15 is 0 Å². The van der Waals surface area contributed by atoms with E-state index in [2.05, 4.69) is 40.8 Å². The number of nitrogens with one attached hydrogen (secondary N) is 1. The minimum Gasteiger partial charge on any atom is -0.304 e. The van der Waals surface area contributed by atoms with Gasteiger partial charge in [-0.1, -0.05) is 18.2 Å². The SMILES string of the molecule is Cc1csc(C(C)NCc2ccc3c(c2)CCC3)n1. The van der Waals surface area contributed by atoms with Crippen LogP contribution in [0.2, 0.25) is 0 Å². The van der Waals surface area contributed by atoms with Crippen molar-refractivity contribution >= 4 is 11.3 Å². The van der Waals surface area contributed by atoms with E-state index < -0.39 is 0 Å². The van der Waals surface area contributed by atoms with E-state index in [1.807, 2.05) is 6.92 Å². The zero-order valence-electron chi connectivity index (χ0n) is 11.6. The van der Waals surface area contributed by atoms with Crippen LogP contribution in [0.4, 0.5) is 0 Å². The highest BCUT2D eigenvalue weighted by atomic mass is 32.1. The topological polar surface area (TPSA) is 24.9 Å². The molecule has 2 nitrogen and oxygen atoms in total. The Hall–Kier alpha value is -1.19. The van der Waals surface area contributed by atoms with Crippen LogP contribution in [-0.4, -0.2) is 4.98 Å². The van der Waals surface area contributed by atoms with Gasteiger partial charge in [0.05, 0.1) is 6.04 Å². The Balaban J connectivity index is 1.63. The third-order valence-corrected chi connectivity index (χ3v) is 4.93. The predicted molar refractivity (Wildman–Crippen MR) is 80.6 cm³/mol. The van der Waals surface area contributed by atoms with Gasteiger partial charge in [0.15, 0.2) is 0 Å². The number of benzene rings is 1. The Morgan fingerprint density at radius 3 is 2.95 bits per heavy atom. The molecule has 3 rings (SSSR count). The van der Waals surface area contributed by atoms with Crippen molar-refractivity contribution in [1.82, 2.24) is 10.3 Å². The molecule has 0 fully saturated rings. The van der Waals surface area contributed by atoms with Crippen molar-refractivity contribution in [3.63, 3.8) is 0 Å². The van der Waals surface area contributed by atoms with Crippen LogP contribution < -0.4 is 5.32 Å². The largest absolute Gasteiger partial charge is 0.304 e. The lowest BCUT2D eigenvalue weighted by Crippen LogP contribution is -2.18. The van der Waals surface area contributed by atoms with E-state index in [4.69, 9.17) is 0 Å². The second-order valence-electron chi connectivity index (χ2n) is 5.39. The van der Waals surface area contributed by atoms with Gasteiger partial charge in [-0.25, -0.2) is 4.98 Å². The molecule has 100 valence electrons. The van der Waals surface area contributed by atoms with Crippen LogP contribution in [0.3, 0.4) is 0 Å². The summed E-state index contributed by atoms with van der Waals surface area (Å²) in [5.74, 6) is 0. The van der Waals surface area contributed by atoms with E-state index in [1.165, 1.54) is 29.8 Å². The van der Waals surface area contributed by atoms with E-state index in [0.717, 1.165) is 12.2 Å². The van der Waals surface area contributed by atoms with Gasteiger partial charge < -0.3 is 5.32 Å². The van der Waals surface area contributed by atoms with Crippen LogP contribution >= 0.6 is 11.3 Å². The fraction of sp³-hybridized carbons (Fsp3) is 0.438. The molecule has 0 aliphatic heterocycles. The number of aromatic nitrogens is 1. The third-order valence-electron chi connectivity index (χ3n) is 3.78. The quantitative estimate of drug-likeness (QED) is 0.916. The molecular formula is C16H20N2S. The minimum absolute atomic E-state index is 0.326. The highest BCUT2D eigenvalue weighted by Crippen LogP contribution is 2.23. The summed E-state index contributed by atoms with van der Waals surface area (Å²) in [4.78, 5) is 4.54. The summed E-state index contributed by atoms with van der Waals surface area (Å²) in [5.41, 5.74) is 5.61. The van der Waals surface area contributed by atoms with Crippen molar-refractivity contribution in [2.45, 2.75) is 45.7 Å². The molecule has 1 aliphatic rings. The van der Waals surface area contributed by atoms with Gasteiger partial charge in [0.1, 0.15) is 5.01 Å². The monoisotopic (exact) mass is 272 g/mol. The average Bonchev–Trinajstić information content (AvgIpc) is 3.03. The number of hydrogen-bond donors (Lipinski definition) is 1. The van der Waals surface area contributed by atoms with E-state index in [-0.39, 0.29) is 0 Å². The summed E-state index contributed by atoms with van der Waals surface area (Å²) < 4.78 is 0. The molecule has 0 radical (unpaired) electrons. The minimum atomic E-state index is 0.326. The molecule has 1 aromatic carbocycles. The van der Waals surface area contributed by atoms with Crippen molar-refractivity contribution in [3.05, 3.63) is 51.0 Å². The lowest BCUT2D eigenvalue weighted by atomic mass is 10.1. The standard InChI is InChI=1S/C16H20N2S/c1-11-10-19-16(18-11)12(2)17-9-13-6-7-14-4-3-5-15(14)8-13/h6-8,10,12,17H,3-5,9H2,1-2H3. The van der Waals surface area contributed by atoms with Gasteiger partial charge in [0.25, 0.3) is 0 Å². The summed E-state index contributed by atoms with van der Waals surface area (Å²) in [7, 11) is 0. The molecule has 1 unspecified atom stereocenters. The van der Waals surface area contributed by atoms with Crippen LogP contribution in [-0.2, 0) is 19.4 Å². The maximum atomic E-state index is 4.54. The molecule has 1 aliphatic carbocycles. The Labute approximate surface area is 118 Å². The number of aryl methyl sites for hydroxylation is 3. The van der Waals surface area contributed by atoms with Gasteiger partial charge in [-0.3, -0.25) is 0 Å². The molecular weight excluding hydrogens is 252 g/mol. The Morgan fingerprint density at radius 1 is 1.32 bits per heavy atom. The maximum Gasteiger partial charge on any atom is 0.110 e. The molecule has 0 amide bonds. The van der Waals surface area contributed by atoms with Gasteiger partial charge in [0, 0.05) is 17.6 Å². The maximum absolute atomic E-state index is 4.54. The van der Waals surface area contributed by atoms with Crippen molar-refractivity contribution in [1.29, 1.82) is 0 Å². The first-order chi connectivity index (χ1) is 9.22. The van der Waals surface area contributed by atoms with Gasteiger partial charge in [-0.05, 0) is 49.8 Å². The Kier molecular flexibility index (Phi) is 3.67. The van der Waals surface area contributed by atoms with Crippen LogP contribution in [0, 0.1) is 6.92 Å². The van der Waals surface area contributed by atoms with Crippen LogP contribution in [0.25, 0.3) is 0 Å². The summed E-state index contributed by atoms with van der Waals surface area (Å²) in [5, 5.41) is 6.86. The van der Waals surface area contributed by atoms with E-state index in [1.54, 1.807) is 22.5 Å². The first-order valence-electron chi connectivity index (χ1n) is 6.98. The molecule has 19 heavy (non-hydrogen) atoms. The fourth-order valence-corrected chi connectivity index (χ4v) is 3.49. The molecule has 2 aromatic rings. The van der Waals surface area contributed by atoms with Crippen LogP contribution in [0.15, 0.2) is 23.6 Å². The van der Waals surface area contributed by atoms with Crippen molar-refractivity contribution < 1.29 is 0 Å². The molecule has 0 bridgehead atoms. The second-order valence-corrected chi connectivity index (χ2v) is 6.28. The summed E-state index contributed by atoms with van der Waals surface area (Å²) in [6, 6.07) is 7.26. The predicted octanol–water partition coefficient (Wildman–Crippen LogP) is 3.79. The molecule has 1 aromatic heterocycles. The average molecular weight is 272 g/mol. The second kappa shape index (κ2) is 5.43. The molecule has 0 saturated carbocycles. The first kappa shape index (κ1) is 12.8. The Morgan fingerprint density at radius 2 is 2.16 bits per heavy atom. The highest BCUT2D eigenvalue weighted by molar-refractivity contribution is 7.09. The molecule has 1 atom stereocenters. The van der Waals surface area contributed by atoms with Gasteiger partial charge >= 0.3 is 0 Å². The molecule has 1 heterocycles. The zero-order valence-corrected chi connectivity index (χ0v) is 12.4. The summed E-state index contributed by atoms with van der Waals surface area (Å²) in [6.07, 6.45) is 3.84. The third kappa shape index (κ3) is 2.88. The number of nitrogens with zero attached hydrogens (tertiary/aromatic N) is 1. The van der Waals surface area contributed by atoms with Gasteiger partial charge in [-0.2, -0.15) is 0 Å². The normalized spacial score (nSPS) is 15.5. The molecule has 1 N–H and O–H groups in total. The summed E-state index contributed by atoms with van der Waals surface area (Å²) in [6.45, 7) is 5.16. The molecule has 3 heteroatoms. The zero-order chi connectivity index (χ0) is 13.2. The number of hydrogen-bond acceptors (Lipinski definition) is 3. The van der Waals surface area contributed by atoms with Gasteiger partial charge in [0.2, 0.25) is 0 Å². The van der Waals surface area contributed by atoms with Crippen LogP contribution in [0.1, 0.15) is 46.8 Å². The van der Waals surface area contributed by atoms with Crippen LogP contribution in [0.5, 0.6) is 0 Å². The van der Waals surface area contributed by atoms with Crippen molar-refractivity contribution in [2.24, 2.45) is 0 Å². The fourth-order valence-electron chi connectivity index (χ4n) is 2.66. The molecule has 0 spiro atoms. The lowest BCUT2D eigenvalue weighted by molar-refractivity contribution is 0.571. The van der Waals surface area contributed by atoms with E-state index in [0.29, 0.717) is 6.04 Å². The number of fused-ring (bicyclic) bond motifs is 1. The smallest absolute Gasteiger partial charge is 0.110 e. The first-order valence-corrected chi connectivity index (χ1v) is 7.86. The highest BCUT2D eigenvalue weighted by Gasteiger charge is 2.12. The number of thiazole rings is 1. The Bertz CT molecular complexity index is 574. The summed E-state index contributed by atoms with van der Waals surface area (Å²) >= 11 is 1.74. The van der Waals surface area contributed by atoms with Gasteiger partial charge in [-0.15, -0.1) is 11.3 Å². The lowest BCUT2D eigenvalue weighted by Gasteiger charge is -2.12.